The highest BCUT2D eigenvalue weighted by atomic mass is 35.5. The molecule has 134 valence electrons. The molecule has 0 fully saturated rings. The first-order valence-electron chi connectivity index (χ1n) is 7.70. The molecule has 0 unspecified atom stereocenters. The number of carbonyl (C=O) groups excluding carboxylic acids is 1. The van der Waals surface area contributed by atoms with Gasteiger partial charge in [0.1, 0.15) is 0 Å². The van der Waals surface area contributed by atoms with E-state index in [1.165, 1.54) is 0 Å². The van der Waals surface area contributed by atoms with Crippen LogP contribution in [0.2, 0.25) is 10.0 Å². The van der Waals surface area contributed by atoms with E-state index in [0.29, 0.717) is 22.9 Å². The first-order chi connectivity index (χ1) is 11.7. The van der Waals surface area contributed by atoms with E-state index in [1.54, 1.807) is 36.4 Å². The highest BCUT2D eigenvalue weighted by Gasteiger charge is 2.12. The van der Waals surface area contributed by atoms with Crippen LogP contribution in [0.1, 0.15) is 30.5 Å². The van der Waals surface area contributed by atoms with Crippen molar-refractivity contribution in [2.75, 3.05) is 6.26 Å². The number of carbonyl (C=O) groups is 1. The molecule has 1 amide bonds. The van der Waals surface area contributed by atoms with Crippen LogP contribution in [0.15, 0.2) is 47.4 Å². The van der Waals surface area contributed by atoms with Crippen molar-refractivity contribution >= 4 is 38.9 Å². The fourth-order valence-electron chi connectivity index (χ4n) is 2.35. The van der Waals surface area contributed by atoms with Gasteiger partial charge in [-0.1, -0.05) is 41.4 Å². The monoisotopic (exact) mass is 399 g/mol. The summed E-state index contributed by atoms with van der Waals surface area (Å²) in [6.45, 7) is 1.85. The van der Waals surface area contributed by atoms with Crippen LogP contribution < -0.4 is 5.32 Å². The van der Waals surface area contributed by atoms with Crippen molar-refractivity contribution in [2.24, 2.45) is 0 Å². The van der Waals surface area contributed by atoms with Gasteiger partial charge in [0.2, 0.25) is 5.91 Å². The Hall–Kier alpha value is -1.56. The third kappa shape index (κ3) is 5.73. The maximum atomic E-state index is 12.1. The molecule has 2 aromatic carbocycles. The molecule has 7 heteroatoms. The Morgan fingerprint density at radius 1 is 1.08 bits per heavy atom. The second kappa shape index (κ2) is 8.21. The van der Waals surface area contributed by atoms with Crippen LogP contribution in [-0.4, -0.2) is 20.6 Å². The summed E-state index contributed by atoms with van der Waals surface area (Å²) in [6, 6.07) is 11.6. The van der Waals surface area contributed by atoms with Crippen LogP contribution in [0.25, 0.3) is 0 Å². The van der Waals surface area contributed by atoms with Crippen molar-refractivity contribution in [1.82, 2.24) is 5.32 Å². The van der Waals surface area contributed by atoms with Gasteiger partial charge in [-0.2, -0.15) is 0 Å². The number of halogens is 2. The van der Waals surface area contributed by atoms with Crippen LogP contribution in [0.4, 0.5) is 0 Å². The summed E-state index contributed by atoms with van der Waals surface area (Å²) in [4.78, 5) is 12.4. The van der Waals surface area contributed by atoms with Gasteiger partial charge in [0, 0.05) is 12.7 Å². The maximum absolute atomic E-state index is 12.1. The van der Waals surface area contributed by atoms with E-state index in [9.17, 15) is 13.2 Å². The van der Waals surface area contributed by atoms with Crippen LogP contribution in [0.3, 0.4) is 0 Å². The highest BCUT2D eigenvalue weighted by Crippen LogP contribution is 2.23. The van der Waals surface area contributed by atoms with Gasteiger partial charge in [0.25, 0.3) is 0 Å². The van der Waals surface area contributed by atoms with Crippen molar-refractivity contribution < 1.29 is 13.2 Å². The van der Waals surface area contributed by atoms with Gasteiger partial charge < -0.3 is 5.32 Å². The van der Waals surface area contributed by atoms with Gasteiger partial charge in [0.15, 0.2) is 9.84 Å². The minimum atomic E-state index is -3.22. The summed E-state index contributed by atoms with van der Waals surface area (Å²) in [5.74, 6) is -0.0919. The minimum Gasteiger partial charge on any atom is -0.350 e. The van der Waals surface area contributed by atoms with Gasteiger partial charge in [0.05, 0.1) is 21.0 Å². The Kier molecular flexibility index (Phi) is 6.49. The van der Waals surface area contributed by atoms with Crippen molar-refractivity contribution in [2.45, 2.75) is 30.7 Å². The smallest absolute Gasteiger partial charge is 0.220 e. The molecule has 1 atom stereocenters. The minimum absolute atomic E-state index is 0.0919. The van der Waals surface area contributed by atoms with E-state index in [-0.39, 0.29) is 16.8 Å². The molecule has 0 radical (unpaired) electrons. The van der Waals surface area contributed by atoms with E-state index < -0.39 is 9.84 Å². The first-order valence-corrected chi connectivity index (χ1v) is 10.3. The number of hydrogen-bond acceptors (Lipinski definition) is 3. The number of amides is 1. The number of nitrogens with one attached hydrogen (secondary N) is 1. The van der Waals surface area contributed by atoms with Gasteiger partial charge in [-0.15, -0.1) is 0 Å². The summed E-state index contributed by atoms with van der Waals surface area (Å²) in [7, 11) is -3.22. The van der Waals surface area contributed by atoms with Crippen LogP contribution in [-0.2, 0) is 21.1 Å². The molecule has 2 aromatic rings. The fourth-order valence-corrected chi connectivity index (χ4v) is 3.30. The number of aryl methyl sites for hydroxylation is 1. The summed E-state index contributed by atoms with van der Waals surface area (Å²) in [6.07, 6.45) is 2.04. The third-order valence-electron chi connectivity index (χ3n) is 3.81. The maximum Gasteiger partial charge on any atom is 0.220 e. The van der Waals surface area contributed by atoms with E-state index in [4.69, 9.17) is 23.2 Å². The van der Waals surface area contributed by atoms with Crippen molar-refractivity contribution in [3.63, 3.8) is 0 Å². The van der Waals surface area contributed by atoms with Gasteiger partial charge >= 0.3 is 0 Å². The molecule has 0 saturated carbocycles. The average Bonchev–Trinajstić information content (AvgIpc) is 2.55. The van der Waals surface area contributed by atoms with Crippen molar-refractivity contribution in [3.05, 3.63) is 63.6 Å². The van der Waals surface area contributed by atoms with Gasteiger partial charge in [-0.3, -0.25) is 4.79 Å². The molecular weight excluding hydrogens is 381 g/mol. The lowest BCUT2D eigenvalue weighted by Gasteiger charge is -2.15. The molecule has 0 aliphatic rings. The molecule has 4 nitrogen and oxygen atoms in total. The Labute approximate surface area is 158 Å². The molecule has 25 heavy (non-hydrogen) atoms. The molecule has 0 bridgehead atoms. The average molecular weight is 400 g/mol. The molecule has 0 saturated heterocycles. The summed E-state index contributed by atoms with van der Waals surface area (Å²) < 4.78 is 22.9. The fraction of sp³-hybridized carbons (Fsp3) is 0.278. The second-order valence-corrected chi connectivity index (χ2v) is 8.71. The SMILES string of the molecule is C[C@H](NC(=O)CCc1ccc(Cl)c(Cl)c1)c1ccc(S(C)(=O)=O)cc1. The molecular formula is C18H19Cl2NO3S. The molecule has 1 N–H and O–H groups in total. The normalized spacial score (nSPS) is 12.6. The molecule has 0 aliphatic carbocycles. The van der Waals surface area contributed by atoms with Crippen molar-refractivity contribution in [1.29, 1.82) is 0 Å². The lowest BCUT2D eigenvalue weighted by atomic mass is 10.1. The predicted octanol–water partition coefficient (Wildman–Crippen LogP) is 4.21. The number of benzene rings is 2. The van der Waals surface area contributed by atoms with E-state index in [2.05, 4.69) is 5.32 Å². The Morgan fingerprint density at radius 2 is 1.72 bits per heavy atom. The number of sulfone groups is 1. The Balaban J connectivity index is 1.92. The van der Waals surface area contributed by atoms with E-state index in [0.717, 1.165) is 17.4 Å². The molecule has 2 rings (SSSR count). The zero-order valence-electron chi connectivity index (χ0n) is 13.9. The second-order valence-electron chi connectivity index (χ2n) is 5.88. The Morgan fingerprint density at radius 3 is 2.28 bits per heavy atom. The predicted molar refractivity (Wildman–Crippen MR) is 101 cm³/mol. The third-order valence-corrected chi connectivity index (χ3v) is 5.68. The lowest BCUT2D eigenvalue weighted by Crippen LogP contribution is -2.26. The molecule has 0 spiro atoms. The Bertz CT molecular complexity index is 864. The summed E-state index contributed by atoms with van der Waals surface area (Å²) in [5.41, 5.74) is 1.78. The van der Waals surface area contributed by atoms with Crippen LogP contribution in [0.5, 0.6) is 0 Å². The topological polar surface area (TPSA) is 63.2 Å². The zero-order chi connectivity index (χ0) is 18.6. The standard InChI is InChI=1S/C18H19Cl2NO3S/c1-12(14-5-7-15(8-6-14)25(2,23)24)21-18(22)10-4-13-3-9-16(19)17(20)11-13/h3,5-9,11-12H,4,10H2,1-2H3,(H,21,22)/t12-/m0/s1. The zero-order valence-corrected chi connectivity index (χ0v) is 16.3. The van der Waals surface area contributed by atoms with Crippen LogP contribution >= 0.6 is 23.2 Å². The molecule has 0 heterocycles. The van der Waals surface area contributed by atoms with Crippen LogP contribution in [0, 0.1) is 0 Å². The van der Waals surface area contributed by atoms with E-state index >= 15 is 0 Å². The highest BCUT2D eigenvalue weighted by molar-refractivity contribution is 7.90. The quantitative estimate of drug-likeness (QED) is 0.790. The first kappa shape index (κ1) is 19.8. The lowest BCUT2D eigenvalue weighted by molar-refractivity contribution is -0.121. The molecule has 0 aliphatic heterocycles. The summed E-state index contributed by atoms with van der Waals surface area (Å²) >= 11 is 11.8. The van der Waals surface area contributed by atoms with Gasteiger partial charge in [-0.25, -0.2) is 8.42 Å². The number of rotatable bonds is 6. The van der Waals surface area contributed by atoms with Gasteiger partial charge in [-0.05, 0) is 48.7 Å². The van der Waals surface area contributed by atoms with E-state index in [1.807, 2.05) is 13.0 Å². The summed E-state index contributed by atoms with van der Waals surface area (Å²) in [5, 5.41) is 3.86. The van der Waals surface area contributed by atoms with Crippen molar-refractivity contribution in [3.8, 4) is 0 Å². The number of hydrogen-bond donors (Lipinski definition) is 1. The molecule has 0 aromatic heterocycles. The largest absolute Gasteiger partial charge is 0.350 e.